The minimum Gasteiger partial charge on any atom is -0.381 e. The molecule has 2 amide bonds. The number of halogens is 1. The van der Waals surface area contributed by atoms with E-state index in [-0.39, 0.29) is 12.1 Å². The SMILES string of the molecule is O=C(NCc1ccc(Cl)cc1)NC(c1cccs1)C1CCOCC1. The predicted molar refractivity (Wildman–Crippen MR) is 97.4 cm³/mol. The maximum atomic E-state index is 12.4. The van der Waals surface area contributed by atoms with Gasteiger partial charge in [0.1, 0.15) is 0 Å². The maximum absolute atomic E-state index is 12.4. The van der Waals surface area contributed by atoms with Crippen molar-refractivity contribution in [3.8, 4) is 0 Å². The normalized spacial score (nSPS) is 16.5. The molecule has 1 fully saturated rings. The summed E-state index contributed by atoms with van der Waals surface area (Å²) in [4.78, 5) is 13.6. The molecule has 24 heavy (non-hydrogen) atoms. The Morgan fingerprint density at radius 2 is 2.00 bits per heavy atom. The van der Waals surface area contributed by atoms with Gasteiger partial charge in [-0.15, -0.1) is 11.3 Å². The van der Waals surface area contributed by atoms with Crippen LogP contribution in [0.15, 0.2) is 41.8 Å². The second kappa shape index (κ2) is 8.51. The zero-order valence-electron chi connectivity index (χ0n) is 13.3. The van der Waals surface area contributed by atoms with Crippen molar-refractivity contribution in [2.45, 2.75) is 25.4 Å². The fourth-order valence-corrected chi connectivity index (χ4v) is 3.91. The average Bonchev–Trinajstić information content (AvgIpc) is 3.14. The summed E-state index contributed by atoms with van der Waals surface area (Å²) < 4.78 is 5.45. The predicted octanol–water partition coefficient (Wildman–Crippen LogP) is 4.37. The molecule has 1 atom stereocenters. The van der Waals surface area contributed by atoms with Crippen LogP contribution in [0.3, 0.4) is 0 Å². The number of benzene rings is 1. The number of carbonyl (C=O) groups is 1. The Hall–Kier alpha value is -1.56. The van der Waals surface area contributed by atoms with Crippen LogP contribution in [-0.2, 0) is 11.3 Å². The Labute approximate surface area is 151 Å². The van der Waals surface area contributed by atoms with E-state index in [2.05, 4.69) is 22.1 Å². The highest BCUT2D eigenvalue weighted by molar-refractivity contribution is 7.10. The molecule has 1 aliphatic heterocycles. The zero-order chi connectivity index (χ0) is 16.8. The summed E-state index contributed by atoms with van der Waals surface area (Å²) in [5.41, 5.74) is 1.02. The molecule has 2 heterocycles. The van der Waals surface area contributed by atoms with Crippen LogP contribution in [0.5, 0.6) is 0 Å². The summed E-state index contributed by atoms with van der Waals surface area (Å²) in [6.45, 7) is 2.01. The molecule has 0 aliphatic carbocycles. The van der Waals surface area contributed by atoms with Crippen molar-refractivity contribution in [2.75, 3.05) is 13.2 Å². The smallest absolute Gasteiger partial charge is 0.315 e. The fourth-order valence-electron chi connectivity index (χ4n) is 2.92. The van der Waals surface area contributed by atoms with Crippen molar-refractivity contribution < 1.29 is 9.53 Å². The van der Waals surface area contributed by atoms with Crippen LogP contribution in [0.2, 0.25) is 5.02 Å². The Morgan fingerprint density at radius 3 is 2.67 bits per heavy atom. The molecule has 0 radical (unpaired) electrons. The van der Waals surface area contributed by atoms with Gasteiger partial charge in [-0.3, -0.25) is 0 Å². The molecule has 3 rings (SSSR count). The van der Waals surface area contributed by atoms with E-state index in [0.29, 0.717) is 17.5 Å². The van der Waals surface area contributed by atoms with Gasteiger partial charge in [0.2, 0.25) is 0 Å². The van der Waals surface area contributed by atoms with Gasteiger partial charge in [-0.25, -0.2) is 4.79 Å². The van der Waals surface area contributed by atoms with E-state index in [1.54, 1.807) is 11.3 Å². The van der Waals surface area contributed by atoms with Gasteiger partial charge in [0.05, 0.1) is 6.04 Å². The van der Waals surface area contributed by atoms with Gasteiger partial charge in [-0.2, -0.15) is 0 Å². The van der Waals surface area contributed by atoms with Crippen LogP contribution in [0.4, 0.5) is 4.79 Å². The van der Waals surface area contributed by atoms with Crippen LogP contribution in [-0.4, -0.2) is 19.2 Å². The lowest BCUT2D eigenvalue weighted by Gasteiger charge is -2.30. The third kappa shape index (κ3) is 4.72. The summed E-state index contributed by atoms with van der Waals surface area (Å²) in [5.74, 6) is 0.415. The molecule has 4 nitrogen and oxygen atoms in total. The molecule has 2 N–H and O–H groups in total. The molecular formula is C18H21ClN2O2S. The summed E-state index contributed by atoms with van der Waals surface area (Å²) in [7, 11) is 0. The number of nitrogens with one attached hydrogen (secondary N) is 2. The monoisotopic (exact) mass is 364 g/mol. The van der Waals surface area contributed by atoms with Crippen LogP contribution in [0, 0.1) is 5.92 Å². The van der Waals surface area contributed by atoms with Crippen molar-refractivity contribution >= 4 is 29.0 Å². The molecule has 2 aromatic rings. The van der Waals surface area contributed by atoms with Gasteiger partial charge in [0.25, 0.3) is 0 Å². The van der Waals surface area contributed by atoms with E-state index in [4.69, 9.17) is 16.3 Å². The first-order chi connectivity index (χ1) is 11.7. The lowest BCUT2D eigenvalue weighted by atomic mass is 9.91. The van der Waals surface area contributed by atoms with E-state index in [1.165, 1.54) is 4.88 Å². The van der Waals surface area contributed by atoms with E-state index < -0.39 is 0 Å². The Bertz CT molecular complexity index is 640. The van der Waals surface area contributed by atoms with Crippen LogP contribution in [0.25, 0.3) is 0 Å². The van der Waals surface area contributed by atoms with Crippen LogP contribution in [0.1, 0.15) is 29.3 Å². The Balaban J connectivity index is 1.59. The van der Waals surface area contributed by atoms with Crippen molar-refractivity contribution in [3.05, 3.63) is 57.2 Å². The molecule has 1 unspecified atom stereocenters. The molecule has 128 valence electrons. The van der Waals surface area contributed by atoms with Gasteiger partial charge < -0.3 is 15.4 Å². The first-order valence-corrected chi connectivity index (χ1v) is 9.38. The number of amides is 2. The van der Waals surface area contributed by atoms with Gasteiger partial charge in [-0.05, 0) is 47.9 Å². The summed E-state index contributed by atoms with van der Waals surface area (Å²) in [6.07, 6.45) is 1.94. The number of hydrogen-bond donors (Lipinski definition) is 2. The lowest BCUT2D eigenvalue weighted by molar-refractivity contribution is 0.0552. The molecule has 1 aromatic carbocycles. The van der Waals surface area contributed by atoms with E-state index >= 15 is 0 Å². The highest BCUT2D eigenvalue weighted by atomic mass is 35.5. The molecule has 1 saturated heterocycles. The van der Waals surface area contributed by atoms with Gasteiger partial charge in [-0.1, -0.05) is 29.8 Å². The van der Waals surface area contributed by atoms with Crippen molar-refractivity contribution in [1.82, 2.24) is 10.6 Å². The molecule has 0 saturated carbocycles. The Morgan fingerprint density at radius 1 is 1.25 bits per heavy atom. The zero-order valence-corrected chi connectivity index (χ0v) is 14.9. The first-order valence-electron chi connectivity index (χ1n) is 8.12. The highest BCUT2D eigenvalue weighted by Crippen LogP contribution is 2.32. The quantitative estimate of drug-likeness (QED) is 0.827. The molecule has 0 bridgehead atoms. The third-order valence-electron chi connectivity index (χ3n) is 4.24. The van der Waals surface area contributed by atoms with Crippen LogP contribution < -0.4 is 10.6 Å². The standard InChI is InChI=1S/C18H21ClN2O2S/c19-15-5-3-13(4-6-15)12-20-18(22)21-17(16-2-1-11-24-16)14-7-9-23-10-8-14/h1-6,11,14,17H,7-10,12H2,(H2,20,21,22). The highest BCUT2D eigenvalue weighted by Gasteiger charge is 2.27. The van der Waals surface area contributed by atoms with E-state index in [1.807, 2.05) is 30.3 Å². The number of urea groups is 1. The van der Waals surface area contributed by atoms with Gasteiger partial charge >= 0.3 is 6.03 Å². The number of carbonyl (C=O) groups excluding carboxylic acids is 1. The fraction of sp³-hybridized carbons (Fsp3) is 0.389. The number of rotatable bonds is 5. The van der Waals surface area contributed by atoms with Gasteiger partial charge in [0.15, 0.2) is 0 Å². The molecule has 1 aromatic heterocycles. The topological polar surface area (TPSA) is 50.4 Å². The third-order valence-corrected chi connectivity index (χ3v) is 5.45. The maximum Gasteiger partial charge on any atom is 0.315 e. The largest absolute Gasteiger partial charge is 0.381 e. The van der Waals surface area contributed by atoms with Crippen molar-refractivity contribution in [1.29, 1.82) is 0 Å². The average molecular weight is 365 g/mol. The van der Waals surface area contributed by atoms with Gasteiger partial charge in [0, 0.05) is 29.7 Å². The summed E-state index contributed by atoms with van der Waals surface area (Å²) in [5, 5.41) is 8.83. The lowest BCUT2D eigenvalue weighted by Crippen LogP contribution is -2.41. The molecule has 6 heteroatoms. The van der Waals surface area contributed by atoms with E-state index in [9.17, 15) is 4.79 Å². The number of hydrogen-bond acceptors (Lipinski definition) is 3. The number of ether oxygens (including phenoxy) is 1. The van der Waals surface area contributed by atoms with Crippen molar-refractivity contribution in [2.24, 2.45) is 5.92 Å². The minimum absolute atomic E-state index is 0.0408. The first kappa shape index (κ1) is 17.3. The molecule has 0 spiro atoms. The van der Waals surface area contributed by atoms with Crippen molar-refractivity contribution in [3.63, 3.8) is 0 Å². The summed E-state index contributed by atoms with van der Waals surface area (Å²) >= 11 is 7.56. The number of thiophene rings is 1. The second-order valence-electron chi connectivity index (χ2n) is 5.90. The minimum atomic E-state index is -0.144. The Kier molecular flexibility index (Phi) is 6.12. The second-order valence-corrected chi connectivity index (χ2v) is 7.31. The van der Waals surface area contributed by atoms with Crippen LogP contribution >= 0.6 is 22.9 Å². The summed E-state index contributed by atoms with van der Waals surface area (Å²) in [6, 6.07) is 11.5. The molecular weight excluding hydrogens is 344 g/mol. The molecule has 1 aliphatic rings. The van der Waals surface area contributed by atoms with E-state index in [0.717, 1.165) is 31.6 Å².